The van der Waals surface area contributed by atoms with Crippen LogP contribution in [0.3, 0.4) is 0 Å². The second-order valence-electron chi connectivity index (χ2n) is 6.01. The maximum absolute atomic E-state index is 12.7. The molecule has 0 unspecified atom stereocenters. The van der Waals surface area contributed by atoms with Crippen molar-refractivity contribution in [2.24, 2.45) is 0 Å². The van der Waals surface area contributed by atoms with Gasteiger partial charge in [-0.05, 0) is 29.8 Å². The van der Waals surface area contributed by atoms with E-state index in [0.717, 1.165) is 4.90 Å². The lowest BCUT2D eigenvalue weighted by Gasteiger charge is -2.24. The van der Waals surface area contributed by atoms with E-state index in [9.17, 15) is 19.2 Å². The van der Waals surface area contributed by atoms with Gasteiger partial charge in [0, 0.05) is 13.3 Å². The molecule has 0 aliphatic carbocycles. The van der Waals surface area contributed by atoms with Crippen molar-refractivity contribution in [3.8, 4) is 5.75 Å². The molecule has 1 heterocycles. The molecule has 27 heavy (non-hydrogen) atoms. The van der Waals surface area contributed by atoms with Crippen molar-refractivity contribution in [1.29, 1.82) is 0 Å². The molecular weight excluding hydrogens is 350 g/mol. The number of hydrogen-bond acceptors (Lipinski definition) is 6. The first-order chi connectivity index (χ1) is 12.9. The van der Waals surface area contributed by atoms with Crippen LogP contribution in [-0.2, 0) is 20.7 Å². The summed E-state index contributed by atoms with van der Waals surface area (Å²) in [7, 11) is 1.20. The minimum absolute atomic E-state index is 0.0350. The smallest absolute Gasteiger partial charge is 0.329 e. The van der Waals surface area contributed by atoms with Crippen molar-refractivity contribution < 1.29 is 28.7 Å². The van der Waals surface area contributed by atoms with Gasteiger partial charge in [0.1, 0.15) is 11.8 Å². The number of ether oxygens (including phenoxy) is 2. The van der Waals surface area contributed by atoms with Crippen LogP contribution < -0.4 is 4.74 Å². The van der Waals surface area contributed by atoms with Crippen LogP contribution in [0.15, 0.2) is 48.5 Å². The van der Waals surface area contributed by atoms with E-state index in [1.54, 1.807) is 48.5 Å². The lowest BCUT2D eigenvalue weighted by Crippen LogP contribution is -2.46. The molecule has 0 N–H and O–H groups in total. The van der Waals surface area contributed by atoms with Crippen LogP contribution in [0.2, 0.25) is 0 Å². The maximum atomic E-state index is 12.7. The number of methoxy groups -OCH3 is 1. The Morgan fingerprint density at radius 1 is 1.00 bits per heavy atom. The minimum atomic E-state index is -1.13. The third kappa shape index (κ3) is 3.57. The lowest BCUT2D eigenvalue weighted by atomic mass is 10.0. The van der Waals surface area contributed by atoms with Gasteiger partial charge in [-0.1, -0.05) is 24.3 Å². The van der Waals surface area contributed by atoms with Gasteiger partial charge in [0.2, 0.25) is 0 Å². The first-order valence-corrected chi connectivity index (χ1v) is 8.24. The number of benzene rings is 2. The summed E-state index contributed by atoms with van der Waals surface area (Å²) in [6, 6.07) is 11.8. The molecule has 0 fully saturated rings. The van der Waals surface area contributed by atoms with E-state index in [0.29, 0.717) is 11.3 Å². The van der Waals surface area contributed by atoms with E-state index in [2.05, 4.69) is 0 Å². The Morgan fingerprint density at radius 3 is 2.19 bits per heavy atom. The van der Waals surface area contributed by atoms with Gasteiger partial charge in [-0.3, -0.25) is 19.3 Å². The van der Waals surface area contributed by atoms with Crippen molar-refractivity contribution >= 4 is 23.8 Å². The van der Waals surface area contributed by atoms with Crippen LogP contribution in [0.4, 0.5) is 0 Å². The molecule has 138 valence electrons. The molecule has 0 radical (unpaired) electrons. The Hall–Kier alpha value is -3.48. The summed E-state index contributed by atoms with van der Waals surface area (Å²) in [5.41, 5.74) is 1.12. The zero-order valence-corrected chi connectivity index (χ0v) is 14.8. The number of esters is 2. The summed E-state index contributed by atoms with van der Waals surface area (Å²) in [6.45, 7) is 1.28. The van der Waals surface area contributed by atoms with Gasteiger partial charge in [-0.25, -0.2) is 4.79 Å². The SMILES string of the molecule is COC(=O)[C@H](Cc1cccc(OC(C)=O)c1)N1C(=O)c2ccccc2C1=O. The fourth-order valence-electron chi connectivity index (χ4n) is 3.03. The van der Waals surface area contributed by atoms with Crippen molar-refractivity contribution in [2.75, 3.05) is 7.11 Å². The third-order valence-corrected chi connectivity index (χ3v) is 4.20. The molecule has 0 aromatic heterocycles. The predicted octanol–water partition coefficient (Wildman–Crippen LogP) is 1.99. The van der Waals surface area contributed by atoms with Gasteiger partial charge in [0.25, 0.3) is 11.8 Å². The Labute approximate surface area is 155 Å². The third-order valence-electron chi connectivity index (χ3n) is 4.20. The normalized spacial score (nSPS) is 13.9. The van der Waals surface area contributed by atoms with E-state index >= 15 is 0 Å². The summed E-state index contributed by atoms with van der Waals surface area (Å²) in [5.74, 6) is -1.95. The summed E-state index contributed by atoms with van der Waals surface area (Å²) in [6.07, 6.45) is 0.0350. The van der Waals surface area contributed by atoms with Crippen LogP contribution in [0.25, 0.3) is 0 Å². The standard InChI is InChI=1S/C20H17NO6/c1-12(22)27-14-7-5-6-13(10-14)11-17(20(25)26-2)21-18(23)15-8-3-4-9-16(15)19(21)24/h3-10,17H,11H2,1-2H3/t17-/m0/s1. The van der Waals surface area contributed by atoms with E-state index in [1.807, 2.05) is 0 Å². The average Bonchev–Trinajstić information content (AvgIpc) is 2.90. The molecule has 0 spiro atoms. The van der Waals surface area contributed by atoms with E-state index in [-0.39, 0.29) is 17.5 Å². The summed E-state index contributed by atoms with van der Waals surface area (Å²) < 4.78 is 9.86. The number of imide groups is 1. The zero-order valence-electron chi connectivity index (χ0n) is 14.8. The average molecular weight is 367 g/mol. The first kappa shape index (κ1) is 18.3. The van der Waals surface area contributed by atoms with Gasteiger partial charge >= 0.3 is 11.9 Å². The highest BCUT2D eigenvalue weighted by Gasteiger charge is 2.43. The van der Waals surface area contributed by atoms with Crippen molar-refractivity contribution in [3.63, 3.8) is 0 Å². The molecule has 0 bridgehead atoms. The monoisotopic (exact) mass is 367 g/mol. The van der Waals surface area contributed by atoms with Crippen molar-refractivity contribution in [3.05, 3.63) is 65.2 Å². The van der Waals surface area contributed by atoms with Crippen molar-refractivity contribution in [1.82, 2.24) is 4.90 Å². The molecule has 0 saturated heterocycles. The van der Waals surface area contributed by atoms with Gasteiger partial charge < -0.3 is 9.47 Å². The number of hydrogen-bond donors (Lipinski definition) is 0. The van der Waals surface area contributed by atoms with Gasteiger partial charge in [-0.2, -0.15) is 0 Å². The van der Waals surface area contributed by atoms with E-state index in [1.165, 1.54) is 14.0 Å². The minimum Gasteiger partial charge on any atom is -0.467 e. The van der Waals surface area contributed by atoms with Crippen molar-refractivity contribution in [2.45, 2.75) is 19.4 Å². The Kier molecular flexibility index (Phi) is 5.03. The molecule has 1 atom stereocenters. The molecule has 2 amide bonds. The Bertz CT molecular complexity index is 901. The number of fused-ring (bicyclic) bond motifs is 1. The summed E-state index contributed by atoms with van der Waals surface area (Å²) in [4.78, 5) is 49.8. The molecule has 0 saturated carbocycles. The second kappa shape index (κ2) is 7.41. The largest absolute Gasteiger partial charge is 0.467 e. The molecule has 2 aromatic rings. The van der Waals surface area contributed by atoms with Gasteiger partial charge in [0.15, 0.2) is 0 Å². The summed E-state index contributed by atoms with van der Waals surface area (Å²) in [5, 5.41) is 0. The van der Waals surface area contributed by atoms with Gasteiger partial charge in [0.05, 0.1) is 18.2 Å². The molecule has 1 aliphatic heterocycles. The molecule has 2 aromatic carbocycles. The van der Waals surface area contributed by atoms with E-state index < -0.39 is 29.8 Å². The maximum Gasteiger partial charge on any atom is 0.329 e. The Morgan fingerprint density at radius 2 is 1.63 bits per heavy atom. The number of nitrogens with zero attached hydrogens (tertiary/aromatic N) is 1. The second-order valence-corrected chi connectivity index (χ2v) is 6.01. The topological polar surface area (TPSA) is 90.0 Å². The number of carbonyl (C=O) groups excluding carboxylic acids is 4. The highest BCUT2D eigenvalue weighted by atomic mass is 16.5. The highest BCUT2D eigenvalue weighted by Crippen LogP contribution is 2.27. The van der Waals surface area contributed by atoms with Crippen LogP contribution >= 0.6 is 0 Å². The number of carbonyl (C=O) groups is 4. The lowest BCUT2D eigenvalue weighted by molar-refractivity contribution is -0.145. The fraction of sp³-hybridized carbons (Fsp3) is 0.200. The number of rotatable bonds is 5. The molecule has 7 nitrogen and oxygen atoms in total. The predicted molar refractivity (Wildman–Crippen MR) is 94.2 cm³/mol. The highest BCUT2D eigenvalue weighted by molar-refractivity contribution is 6.22. The molecule has 7 heteroatoms. The zero-order chi connectivity index (χ0) is 19.6. The van der Waals surface area contributed by atoms with Crippen LogP contribution in [0.5, 0.6) is 5.75 Å². The first-order valence-electron chi connectivity index (χ1n) is 8.24. The number of amides is 2. The molecular formula is C20H17NO6. The quantitative estimate of drug-likeness (QED) is 0.456. The Balaban J connectivity index is 1.92. The van der Waals surface area contributed by atoms with Gasteiger partial charge in [-0.15, -0.1) is 0 Å². The van der Waals surface area contributed by atoms with Crippen LogP contribution in [0.1, 0.15) is 33.2 Å². The van der Waals surface area contributed by atoms with Crippen LogP contribution in [-0.4, -0.2) is 41.8 Å². The van der Waals surface area contributed by atoms with Crippen LogP contribution in [0, 0.1) is 0 Å². The molecule has 3 rings (SSSR count). The van der Waals surface area contributed by atoms with E-state index in [4.69, 9.17) is 9.47 Å². The fourth-order valence-corrected chi connectivity index (χ4v) is 3.03. The molecule has 1 aliphatic rings. The summed E-state index contributed by atoms with van der Waals surface area (Å²) >= 11 is 0.